The Morgan fingerprint density at radius 1 is 1.07 bits per heavy atom. The number of benzene rings is 2. The van der Waals surface area contributed by atoms with Gasteiger partial charge in [0.15, 0.2) is 0 Å². The van der Waals surface area contributed by atoms with E-state index in [-0.39, 0.29) is 16.6 Å². The highest BCUT2D eigenvalue weighted by Gasteiger charge is 2.28. The number of nitrogens with one attached hydrogen (secondary N) is 1. The van der Waals surface area contributed by atoms with Crippen molar-refractivity contribution in [2.45, 2.75) is 29.1 Å². The van der Waals surface area contributed by atoms with Crippen LogP contribution in [0.15, 0.2) is 58.3 Å². The van der Waals surface area contributed by atoms with E-state index < -0.39 is 10.0 Å². The molecule has 1 aliphatic heterocycles. The van der Waals surface area contributed by atoms with Gasteiger partial charge in [0, 0.05) is 18.0 Å². The predicted molar refractivity (Wildman–Crippen MR) is 111 cm³/mol. The van der Waals surface area contributed by atoms with Crippen LogP contribution in [0.5, 0.6) is 5.75 Å². The molecule has 150 valence electrons. The number of hydrogen-bond acceptors (Lipinski definition) is 5. The van der Waals surface area contributed by atoms with Gasteiger partial charge in [0.2, 0.25) is 15.9 Å². The fourth-order valence-electron chi connectivity index (χ4n) is 3.05. The molecule has 1 heterocycles. The third-order valence-corrected chi connectivity index (χ3v) is 7.49. The van der Waals surface area contributed by atoms with Crippen molar-refractivity contribution in [3.8, 4) is 5.75 Å². The molecule has 0 aliphatic carbocycles. The topological polar surface area (TPSA) is 75.7 Å². The molecule has 0 saturated carbocycles. The minimum atomic E-state index is -3.62. The van der Waals surface area contributed by atoms with E-state index >= 15 is 0 Å². The van der Waals surface area contributed by atoms with Gasteiger partial charge in [-0.3, -0.25) is 4.79 Å². The Labute approximate surface area is 170 Å². The van der Waals surface area contributed by atoms with E-state index in [0.29, 0.717) is 18.8 Å². The van der Waals surface area contributed by atoms with Gasteiger partial charge in [0.1, 0.15) is 10.6 Å². The molecule has 1 fully saturated rings. The normalized spacial score (nSPS) is 15.2. The molecule has 0 radical (unpaired) electrons. The smallest absolute Gasteiger partial charge is 0.245 e. The highest BCUT2D eigenvalue weighted by Crippen LogP contribution is 2.27. The highest BCUT2D eigenvalue weighted by molar-refractivity contribution is 8.00. The van der Waals surface area contributed by atoms with Gasteiger partial charge in [-0.15, -0.1) is 11.8 Å². The number of thioether (sulfide) groups is 1. The van der Waals surface area contributed by atoms with E-state index in [2.05, 4.69) is 5.32 Å². The van der Waals surface area contributed by atoms with E-state index in [1.165, 1.54) is 16.1 Å². The average Bonchev–Trinajstić information content (AvgIpc) is 2.73. The quantitative estimate of drug-likeness (QED) is 0.693. The molecule has 3 rings (SSSR count). The van der Waals surface area contributed by atoms with Crippen molar-refractivity contribution >= 4 is 33.4 Å². The third kappa shape index (κ3) is 5.06. The van der Waals surface area contributed by atoms with Gasteiger partial charge in [-0.2, -0.15) is 4.31 Å². The van der Waals surface area contributed by atoms with Gasteiger partial charge in [-0.25, -0.2) is 8.42 Å². The van der Waals surface area contributed by atoms with Crippen LogP contribution < -0.4 is 10.1 Å². The Morgan fingerprint density at radius 2 is 1.75 bits per heavy atom. The number of amides is 1. The van der Waals surface area contributed by atoms with Crippen LogP contribution in [-0.4, -0.2) is 44.6 Å². The summed E-state index contributed by atoms with van der Waals surface area (Å²) < 4.78 is 32.6. The molecular weight excluding hydrogens is 396 g/mol. The Hall–Kier alpha value is -2.03. The second-order valence-corrected chi connectivity index (χ2v) is 9.43. The molecule has 28 heavy (non-hydrogen) atoms. The molecule has 0 bridgehead atoms. The Kier molecular flexibility index (Phi) is 6.98. The highest BCUT2D eigenvalue weighted by atomic mass is 32.2. The summed E-state index contributed by atoms with van der Waals surface area (Å²) in [5.41, 5.74) is 0.327. The van der Waals surface area contributed by atoms with Crippen molar-refractivity contribution in [1.82, 2.24) is 4.31 Å². The molecule has 1 N–H and O–H groups in total. The lowest BCUT2D eigenvalue weighted by molar-refractivity contribution is -0.113. The summed E-state index contributed by atoms with van der Waals surface area (Å²) in [7, 11) is -2.01. The molecule has 2 aromatic carbocycles. The van der Waals surface area contributed by atoms with Crippen LogP contribution in [0.4, 0.5) is 5.69 Å². The fraction of sp³-hybridized carbons (Fsp3) is 0.350. The maximum Gasteiger partial charge on any atom is 0.245 e. The molecule has 2 aromatic rings. The molecule has 0 aromatic heterocycles. The zero-order valence-electron chi connectivity index (χ0n) is 15.8. The lowest BCUT2D eigenvalue weighted by Gasteiger charge is -2.26. The zero-order chi connectivity index (χ0) is 20.0. The monoisotopic (exact) mass is 420 g/mol. The molecule has 0 atom stereocenters. The van der Waals surface area contributed by atoms with Gasteiger partial charge in [-0.05, 0) is 49.2 Å². The predicted octanol–water partition coefficient (Wildman–Crippen LogP) is 3.60. The van der Waals surface area contributed by atoms with E-state index in [1.807, 2.05) is 24.3 Å². The van der Waals surface area contributed by atoms with Crippen molar-refractivity contribution in [2.75, 3.05) is 31.3 Å². The number of para-hydroxylation sites is 1. The number of carbonyl (C=O) groups excluding carboxylic acids is 1. The van der Waals surface area contributed by atoms with Gasteiger partial charge >= 0.3 is 0 Å². The standard InChI is InChI=1S/C20H24N2O4S2/c1-26-16-9-11-17(12-10-16)27-15-20(23)21-18-7-3-4-8-19(18)28(24,25)22-13-5-2-6-14-22/h3-4,7-12H,2,5-6,13-15H2,1H3,(H,21,23). The number of hydrogen-bond donors (Lipinski definition) is 1. The summed E-state index contributed by atoms with van der Waals surface area (Å²) in [6.45, 7) is 1.05. The SMILES string of the molecule is COc1ccc(SCC(=O)Nc2ccccc2S(=O)(=O)N2CCCCC2)cc1. The minimum Gasteiger partial charge on any atom is -0.497 e. The van der Waals surface area contributed by atoms with Gasteiger partial charge in [-0.1, -0.05) is 18.6 Å². The lowest BCUT2D eigenvalue weighted by atomic mass is 10.2. The average molecular weight is 421 g/mol. The lowest BCUT2D eigenvalue weighted by Crippen LogP contribution is -2.36. The number of piperidine rings is 1. The maximum absolute atomic E-state index is 13.0. The maximum atomic E-state index is 13.0. The van der Waals surface area contributed by atoms with Gasteiger partial charge in [0.25, 0.3) is 0 Å². The Balaban J connectivity index is 1.67. The summed E-state index contributed by atoms with van der Waals surface area (Å²) in [5.74, 6) is 0.692. The van der Waals surface area contributed by atoms with E-state index in [4.69, 9.17) is 4.74 Å². The van der Waals surface area contributed by atoms with Crippen molar-refractivity contribution in [3.63, 3.8) is 0 Å². The number of methoxy groups -OCH3 is 1. The molecule has 1 amide bonds. The third-order valence-electron chi connectivity index (χ3n) is 4.52. The van der Waals surface area contributed by atoms with E-state index in [0.717, 1.165) is 29.9 Å². The summed E-state index contributed by atoms with van der Waals surface area (Å²) >= 11 is 1.38. The molecule has 1 saturated heterocycles. The molecule has 8 heteroatoms. The van der Waals surface area contributed by atoms with Crippen LogP contribution in [0.3, 0.4) is 0 Å². The fourth-order valence-corrected chi connectivity index (χ4v) is 5.41. The molecule has 0 unspecified atom stereocenters. The van der Waals surface area contributed by atoms with Crippen LogP contribution in [-0.2, 0) is 14.8 Å². The van der Waals surface area contributed by atoms with Crippen LogP contribution in [0.25, 0.3) is 0 Å². The first-order valence-electron chi connectivity index (χ1n) is 9.16. The number of ether oxygens (including phenoxy) is 1. The first-order valence-corrected chi connectivity index (χ1v) is 11.6. The summed E-state index contributed by atoms with van der Waals surface area (Å²) in [6, 6.07) is 14.0. The summed E-state index contributed by atoms with van der Waals surface area (Å²) in [5, 5.41) is 2.76. The number of sulfonamides is 1. The van der Waals surface area contributed by atoms with Crippen LogP contribution in [0.2, 0.25) is 0 Å². The second-order valence-electron chi connectivity index (χ2n) is 6.47. The van der Waals surface area contributed by atoms with E-state index in [9.17, 15) is 13.2 Å². The number of nitrogens with zero attached hydrogens (tertiary/aromatic N) is 1. The zero-order valence-corrected chi connectivity index (χ0v) is 17.4. The van der Waals surface area contributed by atoms with Crippen molar-refractivity contribution in [3.05, 3.63) is 48.5 Å². The van der Waals surface area contributed by atoms with Crippen LogP contribution in [0, 0.1) is 0 Å². The summed E-state index contributed by atoms with van der Waals surface area (Å²) in [6.07, 6.45) is 2.78. The van der Waals surface area contributed by atoms with Crippen molar-refractivity contribution in [1.29, 1.82) is 0 Å². The number of carbonyl (C=O) groups is 1. The minimum absolute atomic E-state index is 0.152. The molecule has 6 nitrogen and oxygen atoms in total. The van der Waals surface area contributed by atoms with E-state index in [1.54, 1.807) is 31.4 Å². The first kappa shape index (κ1) is 20.7. The van der Waals surface area contributed by atoms with Crippen LogP contribution >= 0.6 is 11.8 Å². The van der Waals surface area contributed by atoms with Crippen molar-refractivity contribution < 1.29 is 17.9 Å². The second kappa shape index (κ2) is 9.45. The largest absolute Gasteiger partial charge is 0.497 e. The first-order chi connectivity index (χ1) is 13.5. The Bertz CT molecular complexity index is 908. The number of anilines is 1. The molecular formula is C20H24N2O4S2. The number of rotatable bonds is 7. The molecule has 0 spiro atoms. The van der Waals surface area contributed by atoms with Crippen LogP contribution in [0.1, 0.15) is 19.3 Å². The summed E-state index contributed by atoms with van der Waals surface area (Å²) in [4.78, 5) is 13.5. The molecule has 1 aliphatic rings. The Morgan fingerprint density at radius 3 is 2.43 bits per heavy atom. The van der Waals surface area contributed by atoms with Gasteiger partial charge in [0.05, 0.1) is 18.6 Å². The van der Waals surface area contributed by atoms with Gasteiger partial charge < -0.3 is 10.1 Å². The van der Waals surface area contributed by atoms with Crippen molar-refractivity contribution in [2.24, 2.45) is 0 Å².